The molecule has 4 aliphatic carbocycles. The van der Waals surface area contributed by atoms with E-state index in [0.29, 0.717) is 19.3 Å². The molecular formula is C20H26BrF3O. The second kappa shape index (κ2) is 5.59. The highest BCUT2D eigenvalue weighted by molar-refractivity contribution is 9.10. The Labute approximate surface area is 155 Å². The number of carbonyl (C=O) groups is 1. The van der Waals surface area contributed by atoms with Gasteiger partial charge in [0.1, 0.15) is 6.17 Å². The predicted molar refractivity (Wildman–Crippen MR) is 94.7 cm³/mol. The molecule has 0 bridgehead atoms. The number of rotatable bonds is 1. The summed E-state index contributed by atoms with van der Waals surface area (Å²) in [6, 6.07) is 0. The molecule has 0 aromatic rings. The van der Waals surface area contributed by atoms with Gasteiger partial charge >= 0.3 is 0 Å². The van der Waals surface area contributed by atoms with Crippen molar-refractivity contribution in [3.63, 3.8) is 0 Å². The van der Waals surface area contributed by atoms with Crippen molar-refractivity contribution in [3.8, 4) is 0 Å². The second-order valence-electron chi connectivity index (χ2n) is 9.18. The van der Waals surface area contributed by atoms with E-state index in [0.717, 1.165) is 24.8 Å². The van der Waals surface area contributed by atoms with Crippen LogP contribution in [0.4, 0.5) is 13.2 Å². The predicted octanol–water partition coefficient (Wildman–Crippen LogP) is 5.87. The summed E-state index contributed by atoms with van der Waals surface area (Å²) >= 11 is 3.86. The Balaban J connectivity index is 1.78. The number of halogens is 4. The molecule has 0 spiro atoms. The number of allylic oxidation sites excluding steroid dienone is 1. The number of fused-ring (bicyclic) bond motifs is 5. The van der Waals surface area contributed by atoms with Crippen molar-refractivity contribution in [2.24, 2.45) is 28.6 Å². The average Bonchev–Trinajstić information content (AvgIpc) is 2.87. The molecule has 3 fully saturated rings. The van der Waals surface area contributed by atoms with Crippen LogP contribution >= 0.6 is 15.9 Å². The molecule has 0 N–H and O–H groups in total. The SMILES string of the molecule is C[C@]12C[C@H](F)[C@@]3(Br)[C@@H](CCC4=CC(=O)CC[C@@]43C)[C@@H]1CC[C@@H]2C(F)F. The van der Waals surface area contributed by atoms with Gasteiger partial charge in [0.15, 0.2) is 5.78 Å². The molecule has 1 nitrogen and oxygen atoms in total. The zero-order valence-electron chi connectivity index (χ0n) is 14.8. The Morgan fingerprint density at radius 1 is 1.16 bits per heavy atom. The van der Waals surface area contributed by atoms with Gasteiger partial charge in [0.2, 0.25) is 6.43 Å². The lowest BCUT2D eigenvalue weighted by Crippen LogP contribution is -2.65. The topological polar surface area (TPSA) is 17.1 Å². The molecule has 0 saturated heterocycles. The van der Waals surface area contributed by atoms with Crippen LogP contribution in [0.5, 0.6) is 0 Å². The van der Waals surface area contributed by atoms with E-state index < -0.39 is 33.7 Å². The van der Waals surface area contributed by atoms with E-state index >= 15 is 4.39 Å². The van der Waals surface area contributed by atoms with Crippen molar-refractivity contribution < 1.29 is 18.0 Å². The number of ketones is 1. The summed E-state index contributed by atoms with van der Waals surface area (Å²) < 4.78 is 42.2. The zero-order chi connectivity index (χ0) is 18.2. The summed E-state index contributed by atoms with van der Waals surface area (Å²) in [5.74, 6) is -0.364. The van der Waals surface area contributed by atoms with E-state index in [1.54, 1.807) is 6.08 Å². The summed E-state index contributed by atoms with van der Waals surface area (Å²) in [4.78, 5) is 11.9. The third-order valence-electron chi connectivity index (χ3n) is 8.37. The minimum atomic E-state index is -2.37. The van der Waals surface area contributed by atoms with Gasteiger partial charge in [0.05, 0.1) is 4.32 Å². The van der Waals surface area contributed by atoms with Crippen molar-refractivity contribution >= 4 is 21.7 Å². The molecule has 7 atom stereocenters. The zero-order valence-corrected chi connectivity index (χ0v) is 16.4. The fourth-order valence-electron chi connectivity index (χ4n) is 6.95. The minimum absolute atomic E-state index is 0.0559. The Bertz CT molecular complexity index is 634. The van der Waals surface area contributed by atoms with Gasteiger partial charge < -0.3 is 0 Å². The quantitative estimate of drug-likeness (QED) is 0.487. The van der Waals surface area contributed by atoms with Crippen LogP contribution in [-0.4, -0.2) is 22.7 Å². The van der Waals surface area contributed by atoms with Crippen LogP contribution in [0.25, 0.3) is 0 Å². The Kier molecular flexibility index (Phi) is 4.04. The largest absolute Gasteiger partial charge is 0.295 e. The first-order valence-electron chi connectivity index (χ1n) is 9.49. The third-order valence-corrected chi connectivity index (χ3v) is 10.3. The highest BCUT2D eigenvalue weighted by atomic mass is 79.9. The molecule has 4 aliphatic rings. The highest BCUT2D eigenvalue weighted by Crippen LogP contribution is 2.71. The van der Waals surface area contributed by atoms with Gasteiger partial charge in [-0.3, -0.25) is 4.79 Å². The third kappa shape index (κ3) is 2.17. The lowest BCUT2D eigenvalue weighted by Gasteiger charge is -2.64. The molecule has 25 heavy (non-hydrogen) atoms. The first-order valence-corrected chi connectivity index (χ1v) is 10.3. The Morgan fingerprint density at radius 2 is 1.88 bits per heavy atom. The maximum Gasteiger partial charge on any atom is 0.241 e. The molecule has 0 aromatic heterocycles. The van der Waals surface area contributed by atoms with E-state index in [4.69, 9.17) is 0 Å². The summed E-state index contributed by atoms with van der Waals surface area (Å²) in [5, 5.41) is 0. The van der Waals surface area contributed by atoms with Crippen LogP contribution in [0, 0.1) is 28.6 Å². The molecule has 0 aromatic carbocycles. The van der Waals surface area contributed by atoms with E-state index in [-0.39, 0.29) is 24.0 Å². The van der Waals surface area contributed by atoms with Crippen LogP contribution in [0.15, 0.2) is 11.6 Å². The summed E-state index contributed by atoms with van der Waals surface area (Å²) in [6.45, 7) is 3.99. The fraction of sp³-hybridized carbons (Fsp3) is 0.850. The molecule has 140 valence electrons. The lowest BCUT2D eigenvalue weighted by atomic mass is 9.46. The van der Waals surface area contributed by atoms with Gasteiger partial charge in [-0.15, -0.1) is 0 Å². The molecule has 0 amide bonds. The molecule has 5 heteroatoms. The first-order chi connectivity index (χ1) is 11.6. The highest BCUT2D eigenvalue weighted by Gasteiger charge is 2.70. The first kappa shape index (κ1) is 18.1. The standard InChI is InChI=1S/C20H26BrF3O/c1-18-10-16(22)20(21)14(13(18)5-6-15(18)17(23)24)4-3-11-9-12(25)7-8-19(11,20)2/h9,13-17H,3-8,10H2,1-2H3/t13-,14-,15+,16-,18-,19-,20-/m0/s1. The van der Waals surface area contributed by atoms with Gasteiger partial charge in [-0.25, -0.2) is 13.2 Å². The number of hydrogen-bond donors (Lipinski definition) is 0. The van der Waals surface area contributed by atoms with Crippen LogP contribution < -0.4 is 0 Å². The molecule has 0 radical (unpaired) electrons. The van der Waals surface area contributed by atoms with E-state index in [9.17, 15) is 13.6 Å². The Hall–Kier alpha value is -0.320. The lowest BCUT2D eigenvalue weighted by molar-refractivity contribution is -0.119. The summed E-state index contributed by atoms with van der Waals surface area (Å²) in [7, 11) is 0. The monoisotopic (exact) mass is 418 g/mol. The van der Waals surface area contributed by atoms with Crippen molar-refractivity contribution in [1.82, 2.24) is 0 Å². The maximum atomic E-state index is 15.7. The van der Waals surface area contributed by atoms with Gasteiger partial charge in [-0.05, 0) is 61.9 Å². The van der Waals surface area contributed by atoms with Gasteiger partial charge in [0, 0.05) is 17.8 Å². The molecular weight excluding hydrogens is 393 g/mol. The van der Waals surface area contributed by atoms with E-state index in [1.165, 1.54) is 0 Å². The van der Waals surface area contributed by atoms with Crippen LogP contribution in [0.1, 0.15) is 58.8 Å². The maximum absolute atomic E-state index is 15.7. The summed E-state index contributed by atoms with van der Waals surface area (Å²) in [6.07, 6.45) is 2.36. The van der Waals surface area contributed by atoms with Crippen molar-refractivity contribution in [1.29, 1.82) is 0 Å². The Morgan fingerprint density at radius 3 is 2.56 bits per heavy atom. The van der Waals surface area contributed by atoms with Crippen molar-refractivity contribution in [2.45, 2.75) is 75.7 Å². The van der Waals surface area contributed by atoms with Crippen LogP contribution in [0.3, 0.4) is 0 Å². The number of carbonyl (C=O) groups excluding carboxylic acids is 1. The van der Waals surface area contributed by atoms with Crippen molar-refractivity contribution in [2.75, 3.05) is 0 Å². The van der Waals surface area contributed by atoms with Crippen LogP contribution in [-0.2, 0) is 4.79 Å². The average molecular weight is 419 g/mol. The number of hydrogen-bond acceptors (Lipinski definition) is 1. The van der Waals surface area contributed by atoms with Crippen molar-refractivity contribution in [3.05, 3.63) is 11.6 Å². The molecule has 0 heterocycles. The molecule has 4 rings (SSSR count). The number of alkyl halides is 4. The minimum Gasteiger partial charge on any atom is -0.295 e. The molecule has 3 saturated carbocycles. The normalized spacial score (nSPS) is 52.4. The second-order valence-corrected chi connectivity index (χ2v) is 10.5. The van der Waals surface area contributed by atoms with Gasteiger partial charge in [-0.2, -0.15) is 0 Å². The van der Waals surface area contributed by atoms with Gasteiger partial charge in [0.25, 0.3) is 0 Å². The van der Waals surface area contributed by atoms with E-state index in [2.05, 4.69) is 22.9 Å². The fourth-order valence-corrected chi connectivity index (χ4v) is 8.12. The van der Waals surface area contributed by atoms with E-state index in [1.807, 2.05) is 6.92 Å². The van der Waals surface area contributed by atoms with Gasteiger partial charge in [-0.1, -0.05) is 35.4 Å². The molecule has 0 aliphatic heterocycles. The molecule has 0 unspecified atom stereocenters. The summed E-state index contributed by atoms with van der Waals surface area (Å²) in [5.41, 5.74) is 0.0528. The van der Waals surface area contributed by atoms with Crippen LogP contribution in [0.2, 0.25) is 0 Å². The smallest absolute Gasteiger partial charge is 0.241 e.